The Kier molecular flexibility index (Phi) is 4.13. The minimum Gasteiger partial charge on any atom is -0.312 e. The van der Waals surface area contributed by atoms with Crippen LogP contribution in [0.2, 0.25) is 5.02 Å². The molecule has 2 aromatic rings. The number of aromatic nitrogens is 1. The molecule has 1 aromatic heterocycles. The van der Waals surface area contributed by atoms with Crippen LogP contribution < -0.4 is 10.2 Å². The first-order chi connectivity index (χ1) is 10.5. The lowest BCUT2D eigenvalue weighted by atomic mass is 10.1. The third-order valence-electron chi connectivity index (χ3n) is 3.47. The highest BCUT2D eigenvalue weighted by Gasteiger charge is 2.35. The van der Waals surface area contributed by atoms with Crippen molar-refractivity contribution in [3.05, 3.63) is 40.4 Å². The molecular weight excluding hydrogens is 322 g/mol. The maximum atomic E-state index is 12.3. The van der Waals surface area contributed by atoms with Crippen LogP contribution in [0.4, 0.5) is 10.8 Å². The zero-order chi connectivity index (χ0) is 15.7. The van der Waals surface area contributed by atoms with E-state index in [1.54, 1.807) is 29.3 Å². The number of hydrogen-bond donors (Lipinski definition) is 1. The first kappa shape index (κ1) is 15.0. The Bertz CT molecular complexity index is 731. The number of nitrogens with zero attached hydrogens (tertiary/aromatic N) is 2. The van der Waals surface area contributed by atoms with Crippen LogP contribution in [0, 0.1) is 12.8 Å². The van der Waals surface area contributed by atoms with Crippen molar-refractivity contribution < 1.29 is 9.59 Å². The molecule has 1 saturated heterocycles. The van der Waals surface area contributed by atoms with E-state index in [9.17, 15) is 9.59 Å². The summed E-state index contributed by atoms with van der Waals surface area (Å²) in [6.45, 7) is 2.28. The zero-order valence-electron chi connectivity index (χ0n) is 11.9. The fraction of sp³-hybridized carbons (Fsp3) is 0.267. The van der Waals surface area contributed by atoms with Crippen molar-refractivity contribution in [1.82, 2.24) is 4.98 Å². The molecule has 1 aliphatic rings. The summed E-state index contributed by atoms with van der Waals surface area (Å²) < 4.78 is 0. The summed E-state index contributed by atoms with van der Waals surface area (Å²) in [5.41, 5.74) is 0.720. The number of amides is 2. The topological polar surface area (TPSA) is 62.3 Å². The summed E-state index contributed by atoms with van der Waals surface area (Å²) in [6, 6.07) is 7.08. The van der Waals surface area contributed by atoms with Gasteiger partial charge in [0.1, 0.15) is 0 Å². The van der Waals surface area contributed by atoms with Crippen LogP contribution in [0.3, 0.4) is 0 Å². The molecule has 1 atom stereocenters. The van der Waals surface area contributed by atoms with Crippen molar-refractivity contribution in [1.29, 1.82) is 0 Å². The zero-order valence-corrected chi connectivity index (χ0v) is 13.4. The summed E-state index contributed by atoms with van der Waals surface area (Å²) in [5, 5.41) is 3.90. The standard InChI is InChI=1S/C15H14ClN3O2S/c1-9-7-17-15(22-9)18-14(21)10-5-13(20)19(8-10)12-4-2-3-11(16)6-12/h2-4,6-7,10H,5,8H2,1H3,(H,17,18,21)/t10-/m0/s1. The Morgan fingerprint density at radius 2 is 2.32 bits per heavy atom. The fourth-order valence-corrected chi connectivity index (χ4v) is 3.25. The molecule has 22 heavy (non-hydrogen) atoms. The van der Waals surface area contributed by atoms with Gasteiger partial charge in [0.25, 0.3) is 0 Å². The number of anilines is 2. The van der Waals surface area contributed by atoms with Crippen LogP contribution in [0.1, 0.15) is 11.3 Å². The number of benzene rings is 1. The molecule has 0 saturated carbocycles. The SMILES string of the molecule is Cc1cnc(NC(=O)[C@H]2CC(=O)N(c3cccc(Cl)c3)C2)s1. The molecule has 114 valence electrons. The van der Waals surface area contributed by atoms with Gasteiger partial charge in [-0.2, -0.15) is 0 Å². The Balaban J connectivity index is 1.70. The van der Waals surface area contributed by atoms with Crippen LogP contribution >= 0.6 is 22.9 Å². The van der Waals surface area contributed by atoms with Gasteiger partial charge in [-0.1, -0.05) is 17.7 Å². The van der Waals surface area contributed by atoms with E-state index in [2.05, 4.69) is 10.3 Å². The number of aryl methyl sites for hydroxylation is 1. The molecule has 0 radical (unpaired) electrons. The molecule has 0 unspecified atom stereocenters. The Labute approximate surface area is 136 Å². The normalized spacial score (nSPS) is 17.8. The molecule has 1 N–H and O–H groups in total. The van der Waals surface area contributed by atoms with Gasteiger partial charge in [-0.3, -0.25) is 9.59 Å². The molecule has 1 fully saturated rings. The van der Waals surface area contributed by atoms with Crippen molar-refractivity contribution in [3.8, 4) is 0 Å². The fourth-order valence-electron chi connectivity index (χ4n) is 2.40. The Morgan fingerprint density at radius 3 is 3.00 bits per heavy atom. The first-order valence-corrected chi connectivity index (χ1v) is 8.01. The molecule has 0 spiro atoms. The molecule has 0 aliphatic carbocycles. The molecule has 5 nitrogen and oxygen atoms in total. The number of carbonyl (C=O) groups excluding carboxylic acids is 2. The lowest BCUT2D eigenvalue weighted by molar-refractivity contribution is -0.122. The molecule has 1 aliphatic heterocycles. The van der Waals surface area contributed by atoms with E-state index in [4.69, 9.17) is 11.6 Å². The second-order valence-electron chi connectivity index (χ2n) is 5.15. The number of nitrogens with one attached hydrogen (secondary N) is 1. The number of rotatable bonds is 3. The van der Waals surface area contributed by atoms with Gasteiger partial charge in [0.2, 0.25) is 11.8 Å². The lowest BCUT2D eigenvalue weighted by Gasteiger charge is -2.16. The van der Waals surface area contributed by atoms with E-state index >= 15 is 0 Å². The molecule has 3 rings (SSSR count). The summed E-state index contributed by atoms with van der Waals surface area (Å²) in [4.78, 5) is 31.1. The first-order valence-electron chi connectivity index (χ1n) is 6.82. The lowest BCUT2D eigenvalue weighted by Crippen LogP contribution is -2.28. The number of carbonyl (C=O) groups is 2. The molecule has 1 aromatic carbocycles. The maximum absolute atomic E-state index is 12.3. The smallest absolute Gasteiger partial charge is 0.231 e. The molecule has 2 amide bonds. The highest BCUT2D eigenvalue weighted by atomic mass is 35.5. The van der Waals surface area contributed by atoms with Gasteiger partial charge in [0.15, 0.2) is 5.13 Å². The van der Waals surface area contributed by atoms with Gasteiger partial charge in [0, 0.05) is 34.7 Å². The van der Waals surface area contributed by atoms with Crippen LogP contribution in [-0.4, -0.2) is 23.3 Å². The van der Waals surface area contributed by atoms with Crippen molar-refractivity contribution in [3.63, 3.8) is 0 Å². The van der Waals surface area contributed by atoms with Crippen molar-refractivity contribution in [2.45, 2.75) is 13.3 Å². The average Bonchev–Trinajstić information content (AvgIpc) is 3.05. The van der Waals surface area contributed by atoms with E-state index in [0.29, 0.717) is 16.7 Å². The van der Waals surface area contributed by atoms with Gasteiger partial charge in [0.05, 0.1) is 5.92 Å². The van der Waals surface area contributed by atoms with E-state index < -0.39 is 0 Å². The van der Waals surface area contributed by atoms with E-state index in [-0.39, 0.29) is 24.2 Å². The Morgan fingerprint density at radius 1 is 1.50 bits per heavy atom. The number of thiazole rings is 1. The summed E-state index contributed by atoms with van der Waals surface area (Å²) in [7, 11) is 0. The van der Waals surface area contributed by atoms with Crippen molar-refractivity contribution in [2.75, 3.05) is 16.8 Å². The molecule has 0 bridgehead atoms. The van der Waals surface area contributed by atoms with Gasteiger partial charge in [-0.05, 0) is 25.1 Å². The summed E-state index contributed by atoms with van der Waals surface area (Å²) in [5.74, 6) is -0.624. The molecular formula is C15H14ClN3O2S. The second kappa shape index (κ2) is 6.06. The minimum atomic E-state index is -0.379. The van der Waals surface area contributed by atoms with Crippen molar-refractivity contribution >= 4 is 45.6 Å². The third-order valence-corrected chi connectivity index (χ3v) is 4.53. The quantitative estimate of drug-likeness (QED) is 0.937. The Hall–Kier alpha value is -1.92. The molecule has 2 heterocycles. The van der Waals surface area contributed by atoms with Gasteiger partial charge < -0.3 is 10.2 Å². The highest BCUT2D eigenvalue weighted by Crippen LogP contribution is 2.28. The number of hydrogen-bond acceptors (Lipinski definition) is 4. The summed E-state index contributed by atoms with van der Waals surface area (Å²) in [6.07, 6.45) is 1.90. The predicted octanol–water partition coefficient (Wildman–Crippen LogP) is 3.10. The van der Waals surface area contributed by atoms with Crippen molar-refractivity contribution in [2.24, 2.45) is 5.92 Å². The molecule has 7 heteroatoms. The predicted molar refractivity (Wildman–Crippen MR) is 87.4 cm³/mol. The minimum absolute atomic E-state index is 0.0715. The largest absolute Gasteiger partial charge is 0.312 e. The highest BCUT2D eigenvalue weighted by molar-refractivity contribution is 7.15. The van der Waals surface area contributed by atoms with Crippen LogP contribution in [0.5, 0.6) is 0 Å². The van der Waals surface area contributed by atoms with Gasteiger partial charge in [-0.15, -0.1) is 11.3 Å². The van der Waals surface area contributed by atoms with E-state index in [1.807, 2.05) is 13.0 Å². The van der Waals surface area contributed by atoms with Crippen LogP contribution in [0.15, 0.2) is 30.5 Å². The second-order valence-corrected chi connectivity index (χ2v) is 6.82. The maximum Gasteiger partial charge on any atom is 0.231 e. The average molecular weight is 336 g/mol. The number of halogens is 1. The summed E-state index contributed by atoms with van der Waals surface area (Å²) >= 11 is 7.37. The van der Waals surface area contributed by atoms with Crippen LogP contribution in [0.25, 0.3) is 0 Å². The van der Waals surface area contributed by atoms with E-state index in [0.717, 1.165) is 10.6 Å². The van der Waals surface area contributed by atoms with Gasteiger partial charge in [-0.25, -0.2) is 4.98 Å². The van der Waals surface area contributed by atoms with E-state index in [1.165, 1.54) is 11.3 Å². The third kappa shape index (κ3) is 3.13. The monoisotopic (exact) mass is 335 g/mol. The van der Waals surface area contributed by atoms with Gasteiger partial charge >= 0.3 is 0 Å². The van der Waals surface area contributed by atoms with Crippen LogP contribution in [-0.2, 0) is 9.59 Å².